The maximum atomic E-state index is 12.1. The number of aromatic hydroxyl groups is 2. The van der Waals surface area contributed by atoms with Crippen LogP contribution in [-0.2, 0) is 9.47 Å². The zero-order valence-electron chi connectivity index (χ0n) is 64.3. The summed E-state index contributed by atoms with van der Waals surface area (Å²) in [6.07, 6.45) is 52.5. The summed E-state index contributed by atoms with van der Waals surface area (Å²) in [5.41, 5.74) is 4.74. The Morgan fingerprint density at radius 1 is 0.398 bits per heavy atom. The number of hydrogen-bond acceptors (Lipinski definition) is 6. The van der Waals surface area contributed by atoms with Gasteiger partial charge in [0.1, 0.15) is 36.8 Å². The van der Waals surface area contributed by atoms with E-state index in [1.54, 1.807) is 116 Å². The minimum Gasteiger partial charge on any atom is -0.506 e. The van der Waals surface area contributed by atoms with Crippen molar-refractivity contribution in [3.8, 4) is 22.6 Å². The molecule has 0 aromatic heterocycles. The van der Waals surface area contributed by atoms with Crippen LogP contribution in [0.4, 0.5) is 0 Å². The summed E-state index contributed by atoms with van der Waals surface area (Å²) in [6.45, 7) is 19.3. The number of rotatable bonds is 16. The molecule has 8 saturated carbocycles. The SMILES string of the molecule is C.C.CC.CC.CC1C(C2CCCC2)CC2CCCCC2C1C1C(C)C(C2CCCC2)CC2CCCCC21.CCC(CC)(CCC1CCCCC1)CCC1CCCCC1.Oc1c(C2=N[C@@H](c3ccccc3)CO2)cc2ccccc2c1-c1c(O)c(C2=N[C@@H](c3ccccc3)CO2)cc2ccccc12. The van der Waals surface area contributed by atoms with Gasteiger partial charge >= 0.3 is 0 Å². The van der Waals surface area contributed by atoms with Crippen LogP contribution in [0.1, 0.15) is 323 Å². The molecule has 8 aliphatic carbocycles. The smallest absolute Gasteiger partial charge is 0.220 e. The van der Waals surface area contributed by atoms with Gasteiger partial charge in [-0.05, 0) is 184 Å². The topological polar surface area (TPSA) is 83.6 Å². The van der Waals surface area contributed by atoms with Gasteiger partial charge in [-0.25, -0.2) is 9.98 Å². The van der Waals surface area contributed by atoms with Crippen molar-refractivity contribution in [2.75, 3.05) is 13.2 Å². The number of aliphatic imine (C=N–C) groups is 2. The highest BCUT2D eigenvalue weighted by Gasteiger charge is 2.55. The minimum absolute atomic E-state index is 0. The normalized spacial score (nSPS) is 28.1. The maximum Gasteiger partial charge on any atom is 0.220 e. The molecule has 10 aliphatic rings. The van der Waals surface area contributed by atoms with E-state index >= 15 is 0 Å². The van der Waals surface area contributed by atoms with Gasteiger partial charge < -0.3 is 19.7 Å². The molecule has 103 heavy (non-hydrogen) atoms. The molecule has 2 N–H and O–H groups in total. The number of hydrogen-bond donors (Lipinski definition) is 2. The molecule has 6 aromatic rings. The van der Waals surface area contributed by atoms with Crippen molar-refractivity contribution in [3.63, 3.8) is 0 Å². The van der Waals surface area contributed by atoms with Crippen molar-refractivity contribution in [2.24, 2.45) is 98.3 Å². The number of phenols is 2. The molecule has 0 bridgehead atoms. The van der Waals surface area contributed by atoms with Crippen LogP contribution < -0.4 is 0 Å². The van der Waals surface area contributed by atoms with Gasteiger partial charge in [-0.15, -0.1) is 0 Å². The van der Waals surface area contributed by atoms with Gasteiger partial charge in [-0.2, -0.15) is 0 Å². The second-order valence-electron chi connectivity index (χ2n) is 33.6. The molecule has 0 saturated heterocycles. The second-order valence-corrected chi connectivity index (χ2v) is 33.6. The quantitative estimate of drug-likeness (QED) is 0.101. The molecule has 0 spiro atoms. The molecule has 12 atom stereocenters. The van der Waals surface area contributed by atoms with Crippen LogP contribution in [-0.4, -0.2) is 35.2 Å². The van der Waals surface area contributed by atoms with E-state index in [1.807, 2.05) is 149 Å². The van der Waals surface area contributed by atoms with Gasteiger partial charge in [0.15, 0.2) is 0 Å². The van der Waals surface area contributed by atoms with Crippen LogP contribution >= 0.6 is 0 Å². The number of phenolic OH excluding ortho intramolecular Hbond substituents is 2. The van der Waals surface area contributed by atoms with E-state index in [0.29, 0.717) is 52.7 Å². The molecule has 10 unspecified atom stereocenters. The average Bonchev–Trinajstić information content (AvgIpc) is 1.05. The highest BCUT2D eigenvalue weighted by atomic mass is 16.5. The van der Waals surface area contributed by atoms with E-state index < -0.39 is 0 Å². The number of ether oxygens (including phenoxy) is 2. The molecular weight excluding hydrogens is 1260 g/mol. The second kappa shape index (κ2) is 38.8. The molecule has 2 heterocycles. The number of benzene rings is 6. The summed E-state index contributed by atoms with van der Waals surface area (Å²) in [4.78, 5) is 9.73. The average molecular weight is 1400 g/mol. The fourth-order valence-electron chi connectivity index (χ4n) is 23.1. The predicted molar refractivity (Wildman–Crippen MR) is 441 cm³/mol. The largest absolute Gasteiger partial charge is 0.506 e. The van der Waals surface area contributed by atoms with Crippen molar-refractivity contribution >= 4 is 33.3 Å². The Kier molecular flexibility index (Phi) is 30.1. The van der Waals surface area contributed by atoms with E-state index in [-0.39, 0.29) is 38.4 Å². The summed E-state index contributed by atoms with van der Waals surface area (Å²) in [7, 11) is 0. The first-order valence-electron chi connectivity index (χ1n) is 42.7. The van der Waals surface area contributed by atoms with Gasteiger partial charge in [0.25, 0.3) is 0 Å². The number of fused-ring (bicyclic) bond motifs is 4. The molecule has 6 aromatic carbocycles. The fraction of sp³-hybridized carbons (Fsp3) is 0.649. The maximum absolute atomic E-state index is 12.1. The zero-order chi connectivity index (χ0) is 70.2. The highest BCUT2D eigenvalue weighted by molar-refractivity contribution is 6.16. The zero-order valence-corrected chi connectivity index (χ0v) is 64.3. The Hall–Kier alpha value is -5.62. The van der Waals surface area contributed by atoms with Crippen molar-refractivity contribution in [3.05, 3.63) is 144 Å². The molecule has 2 aliphatic heterocycles. The number of nitrogens with zero attached hydrogens (tertiary/aromatic N) is 2. The first-order valence-corrected chi connectivity index (χ1v) is 42.7. The third-order valence-corrected chi connectivity index (χ3v) is 28.6. The lowest BCUT2D eigenvalue weighted by Gasteiger charge is -2.60. The van der Waals surface area contributed by atoms with Crippen LogP contribution in [0.3, 0.4) is 0 Å². The van der Waals surface area contributed by atoms with Crippen molar-refractivity contribution < 1.29 is 19.7 Å². The summed E-state index contributed by atoms with van der Waals surface area (Å²) >= 11 is 0. The lowest BCUT2D eigenvalue weighted by atomic mass is 9.45. The molecule has 6 nitrogen and oxygen atoms in total. The standard InChI is InChI=1S/C38H28N2O4.C32H54.C21H40.2C2H6.2CH4/c41-35-29(37-39-31(21-43-37)23-11-3-1-4-12-23)19-25-15-7-9-17-27(25)33(35)34-28-18-10-8-16-26(28)20-30(36(34)42)38-40-32(22-44-38)24-13-5-2-6-14-24;1-21-29(23-11-3-4-12-23)19-25-15-7-9-17-27(25)31(21)32-22(2)30(24-13-5-6-14-24)20-26-16-8-10-18-28(26)32;1-3-21(4-2,17-15-19-11-7-5-8-12-19)18-16-20-13-9-6-10-14-20;2*1-2;;/h1-20,31-32,41-42H,21-22H2;21-32H,3-20H2,1-2H3;19-20H,3-18H2,1-2H3;2*1-2H3;2*1H4/t31-,32-;;;;;;/m1....../s1. The van der Waals surface area contributed by atoms with Crippen LogP contribution in [0.15, 0.2) is 131 Å². The highest BCUT2D eigenvalue weighted by Crippen LogP contribution is 2.63. The van der Waals surface area contributed by atoms with Crippen molar-refractivity contribution in [1.29, 1.82) is 0 Å². The molecule has 564 valence electrons. The Balaban J connectivity index is 0.000000170. The van der Waals surface area contributed by atoms with Gasteiger partial charge in [0.2, 0.25) is 11.8 Å². The Morgan fingerprint density at radius 2 is 0.728 bits per heavy atom. The molecule has 0 amide bonds. The van der Waals surface area contributed by atoms with Crippen LogP contribution in [0.2, 0.25) is 0 Å². The molecule has 6 heteroatoms. The van der Waals surface area contributed by atoms with Crippen molar-refractivity contribution in [1.82, 2.24) is 0 Å². The van der Waals surface area contributed by atoms with Gasteiger partial charge in [-0.3, -0.25) is 0 Å². The summed E-state index contributed by atoms with van der Waals surface area (Å²) < 4.78 is 12.2. The van der Waals surface area contributed by atoms with E-state index in [1.165, 1.54) is 103 Å². The Morgan fingerprint density at radius 3 is 1.10 bits per heavy atom. The van der Waals surface area contributed by atoms with E-state index in [0.717, 1.165) is 116 Å². The first-order chi connectivity index (χ1) is 49.7. The summed E-state index contributed by atoms with van der Waals surface area (Å²) in [5.74, 6) is 15.9. The first kappa shape index (κ1) is 79.9. The third-order valence-electron chi connectivity index (χ3n) is 28.6. The van der Waals surface area contributed by atoms with E-state index in [9.17, 15) is 10.2 Å². The molecule has 16 rings (SSSR count). The third kappa shape index (κ3) is 18.3. The minimum atomic E-state index is -0.173. The van der Waals surface area contributed by atoms with Crippen LogP contribution in [0, 0.1) is 88.3 Å². The van der Waals surface area contributed by atoms with Gasteiger partial charge in [0, 0.05) is 11.1 Å². The van der Waals surface area contributed by atoms with Crippen LogP contribution in [0.5, 0.6) is 11.5 Å². The lowest BCUT2D eigenvalue weighted by molar-refractivity contribution is -0.111. The summed E-state index contributed by atoms with van der Waals surface area (Å²) in [5, 5.41) is 27.5. The molecule has 8 fully saturated rings. The Labute approximate surface area is 627 Å². The predicted octanol–water partition coefficient (Wildman–Crippen LogP) is 28.5. The molecule has 0 radical (unpaired) electrons. The van der Waals surface area contributed by atoms with Gasteiger partial charge in [-0.1, -0.05) is 346 Å². The van der Waals surface area contributed by atoms with E-state index in [2.05, 4.69) is 27.7 Å². The van der Waals surface area contributed by atoms with Crippen LogP contribution in [0.25, 0.3) is 32.7 Å². The van der Waals surface area contributed by atoms with Crippen molar-refractivity contribution in [2.45, 2.75) is 301 Å². The monoisotopic (exact) mass is 1400 g/mol. The fourth-order valence-corrected chi connectivity index (χ4v) is 23.1. The van der Waals surface area contributed by atoms with E-state index in [4.69, 9.17) is 19.5 Å². The molecular formula is C97H142N2O4. The lowest BCUT2D eigenvalue weighted by Crippen LogP contribution is -2.53. The Bertz CT molecular complexity index is 3330. The summed E-state index contributed by atoms with van der Waals surface area (Å²) in [6, 6.07) is 39.1. The van der Waals surface area contributed by atoms with Gasteiger partial charge in [0.05, 0.1) is 11.1 Å².